The molecule has 10 atom stereocenters. The van der Waals surface area contributed by atoms with E-state index in [2.05, 4.69) is 0 Å². The van der Waals surface area contributed by atoms with Gasteiger partial charge in [-0.05, 0) is 30.2 Å². The number of hydrogen-bond acceptors (Lipinski definition) is 10. The van der Waals surface area contributed by atoms with Gasteiger partial charge in [0.1, 0.15) is 23.9 Å². The minimum absolute atomic E-state index is 0.0219. The number of esters is 2. The standard InChI is InChI=1S/C29H38O10/c1-14-17(31)12-29(36)24(38-25(35)16-9-7-6-8-10-16)22-27(5,23(34)21(33)20(14)26(29,3)4)18(32)11-19-28(22,13-37-19)39-15(2)30/h6-10,17-19,21-24,31-34,36H,11-13H2,1-5H3/t17-,18-,19+,21+,22-,23-,24-,27+,28-,29+/m0/s1. The highest BCUT2D eigenvalue weighted by Crippen LogP contribution is 2.64. The highest BCUT2D eigenvalue weighted by atomic mass is 16.6. The van der Waals surface area contributed by atoms with Gasteiger partial charge in [0, 0.05) is 30.6 Å². The summed E-state index contributed by atoms with van der Waals surface area (Å²) in [4.78, 5) is 26.0. The zero-order chi connectivity index (χ0) is 28.7. The van der Waals surface area contributed by atoms with E-state index in [9.17, 15) is 35.1 Å². The average molecular weight is 547 g/mol. The number of fused-ring (bicyclic) bond motifs is 5. The van der Waals surface area contributed by atoms with E-state index in [4.69, 9.17) is 14.2 Å². The van der Waals surface area contributed by atoms with E-state index in [0.29, 0.717) is 5.57 Å². The van der Waals surface area contributed by atoms with Gasteiger partial charge in [0.25, 0.3) is 0 Å². The quantitative estimate of drug-likeness (QED) is 0.272. The van der Waals surface area contributed by atoms with Crippen LogP contribution in [0.2, 0.25) is 0 Å². The minimum Gasteiger partial charge on any atom is -0.455 e. The molecular formula is C29H38O10. The van der Waals surface area contributed by atoms with Gasteiger partial charge < -0.3 is 39.7 Å². The van der Waals surface area contributed by atoms with E-state index in [0.717, 1.165) is 0 Å². The van der Waals surface area contributed by atoms with Crippen molar-refractivity contribution in [1.82, 2.24) is 0 Å². The number of carbonyl (C=O) groups excluding carboxylic acids is 2. The highest BCUT2D eigenvalue weighted by Gasteiger charge is 2.77. The van der Waals surface area contributed by atoms with Crippen LogP contribution in [0.5, 0.6) is 0 Å². The first-order valence-electron chi connectivity index (χ1n) is 13.4. The predicted octanol–water partition coefficient (Wildman–Crippen LogP) is 0.874. The fraction of sp³-hybridized carbons (Fsp3) is 0.655. The summed E-state index contributed by atoms with van der Waals surface area (Å²) >= 11 is 0. The Hall–Kier alpha value is -2.34. The number of aliphatic hydroxyl groups is 5. The van der Waals surface area contributed by atoms with Crippen molar-refractivity contribution >= 4 is 11.9 Å². The molecule has 1 aromatic carbocycles. The maximum Gasteiger partial charge on any atom is 0.338 e. The summed E-state index contributed by atoms with van der Waals surface area (Å²) in [5.41, 5.74) is -5.70. The molecule has 1 aliphatic heterocycles. The Bertz CT molecular complexity index is 1200. The molecule has 1 heterocycles. The number of carbonyl (C=O) groups is 2. The number of benzene rings is 1. The fourth-order valence-corrected chi connectivity index (χ4v) is 7.88. The molecule has 0 spiro atoms. The highest BCUT2D eigenvalue weighted by molar-refractivity contribution is 5.89. The molecule has 0 unspecified atom stereocenters. The van der Waals surface area contributed by atoms with Gasteiger partial charge in [-0.3, -0.25) is 4.79 Å². The van der Waals surface area contributed by atoms with E-state index >= 15 is 0 Å². The second kappa shape index (κ2) is 9.09. The van der Waals surface area contributed by atoms with Gasteiger partial charge in [-0.1, -0.05) is 39.0 Å². The van der Waals surface area contributed by atoms with Gasteiger partial charge in [0.2, 0.25) is 0 Å². The normalized spacial score (nSPS) is 44.6. The predicted molar refractivity (Wildman–Crippen MR) is 136 cm³/mol. The molecule has 0 aromatic heterocycles. The first-order chi connectivity index (χ1) is 18.1. The van der Waals surface area contributed by atoms with Crippen molar-refractivity contribution in [3.63, 3.8) is 0 Å². The molecule has 3 fully saturated rings. The molecule has 214 valence electrons. The smallest absolute Gasteiger partial charge is 0.338 e. The summed E-state index contributed by atoms with van der Waals surface area (Å²) in [5.74, 6) is -2.66. The van der Waals surface area contributed by atoms with E-state index in [1.807, 2.05) is 0 Å². The average Bonchev–Trinajstić information content (AvgIpc) is 2.87. The molecule has 1 aromatic rings. The lowest BCUT2D eigenvalue weighted by Crippen LogP contribution is -2.82. The molecule has 10 nitrogen and oxygen atoms in total. The van der Waals surface area contributed by atoms with Crippen molar-refractivity contribution in [3.8, 4) is 0 Å². The van der Waals surface area contributed by atoms with Crippen LogP contribution in [0.25, 0.3) is 0 Å². The van der Waals surface area contributed by atoms with Crippen molar-refractivity contribution in [1.29, 1.82) is 0 Å². The van der Waals surface area contributed by atoms with Gasteiger partial charge in [0.15, 0.2) is 5.60 Å². The summed E-state index contributed by atoms with van der Waals surface area (Å²) in [6.07, 6.45) is -8.38. The summed E-state index contributed by atoms with van der Waals surface area (Å²) in [6, 6.07) is 8.16. The third-order valence-corrected chi connectivity index (χ3v) is 10.2. The van der Waals surface area contributed by atoms with Crippen LogP contribution in [0.15, 0.2) is 41.5 Å². The molecule has 0 radical (unpaired) electrons. The van der Waals surface area contributed by atoms with E-state index < -0.39 is 76.5 Å². The van der Waals surface area contributed by atoms with Crippen molar-refractivity contribution < 1.29 is 49.3 Å². The third-order valence-electron chi connectivity index (χ3n) is 10.2. The van der Waals surface area contributed by atoms with Crippen molar-refractivity contribution in [3.05, 3.63) is 47.0 Å². The van der Waals surface area contributed by atoms with Gasteiger partial charge in [-0.2, -0.15) is 0 Å². The maximum atomic E-state index is 13.6. The van der Waals surface area contributed by atoms with Crippen LogP contribution in [0, 0.1) is 16.7 Å². The molecule has 0 amide bonds. The molecule has 5 rings (SSSR count). The van der Waals surface area contributed by atoms with Crippen LogP contribution in [-0.4, -0.2) is 91.9 Å². The Labute approximate surface area is 227 Å². The zero-order valence-corrected chi connectivity index (χ0v) is 22.8. The Morgan fingerprint density at radius 2 is 1.69 bits per heavy atom. The van der Waals surface area contributed by atoms with Crippen LogP contribution >= 0.6 is 0 Å². The second-order valence-electron chi connectivity index (χ2n) is 12.4. The van der Waals surface area contributed by atoms with E-state index in [1.165, 1.54) is 6.92 Å². The Kier molecular flexibility index (Phi) is 6.57. The van der Waals surface area contributed by atoms with Crippen LogP contribution in [0.4, 0.5) is 0 Å². The van der Waals surface area contributed by atoms with Gasteiger partial charge in [0.05, 0.1) is 36.4 Å². The van der Waals surface area contributed by atoms with Crippen LogP contribution in [0.1, 0.15) is 57.8 Å². The van der Waals surface area contributed by atoms with E-state index in [1.54, 1.807) is 58.0 Å². The molecular weight excluding hydrogens is 508 g/mol. The molecule has 3 aliphatic carbocycles. The maximum absolute atomic E-state index is 13.6. The summed E-state index contributed by atoms with van der Waals surface area (Å²) in [6.45, 7) is 7.57. The SMILES string of the molecule is CC(=O)O[C@@]12CO[C@@H]1C[C@H](O)[C@]1(C)[C@@H]2[C@H](OC(=O)c2ccccc2)[C@]2(O)C[C@H](O)C(C)=C([C@@H](O)[C@@H]1O)C2(C)C. The summed E-state index contributed by atoms with van der Waals surface area (Å²) in [5, 5.41) is 58.8. The lowest BCUT2D eigenvalue weighted by molar-refractivity contribution is -0.365. The molecule has 5 N–H and O–H groups in total. The van der Waals surface area contributed by atoms with Gasteiger partial charge in [-0.15, -0.1) is 0 Å². The number of rotatable bonds is 3. The molecule has 2 saturated carbocycles. The molecule has 4 aliphatic rings. The van der Waals surface area contributed by atoms with Crippen molar-refractivity contribution in [2.24, 2.45) is 16.7 Å². The number of aliphatic hydroxyl groups excluding tert-OH is 4. The Morgan fingerprint density at radius 3 is 2.26 bits per heavy atom. The number of ether oxygens (including phenoxy) is 3. The van der Waals surface area contributed by atoms with Gasteiger partial charge >= 0.3 is 11.9 Å². The molecule has 10 heteroatoms. The molecule has 1 saturated heterocycles. The monoisotopic (exact) mass is 546 g/mol. The zero-order valence-electron chi connectivity index (χ0n) is 22.8. The topological polar surface area (TPSA) is 163 Å². The first-order valence-corrected chi connectivity index (χ1v) is 13.4. The summed E-state index contributed by atoms with van der Waals surface area (Å²) < 4.78 is 17.8. The largest absolute Gasteiger partial charge is 0.455 e. The lowest BCUT2D eigenvalue weighted by atomic mass is 9.44. The number of hydrogen-bond donors (Lipinski definition) is 5. The second-order valence-corrected chi connectivity index (χ2v) is 12.4. The van der Waals surface area contributed by atoms with Crippen LogP contribution in [0.3, 0.4) is 0 Å². The molecule has 2 bridgehead atoms. The molecule has 39 heavy (non-hydrogen) atoms. The van der Waals surface area contributed by atoms with Crippen molar-refractivity contribution in [2.75, 3.05) is 6.61 Å². The van der Waals surface area contributed by atoms with Crippen molar-refractivity contribution in [2.45, 2.75) is 95.3 Å². The summed E-state index contributed by atoms with van der Waals surface area (Å²) in [7, 11) is 0. The minimum atomic E-state index is -2.02. The third kappa shape index (κ3) is 3.69. The van der Waals surface area contributed by atoms with Crippen LogP contribution in [-0.2, 0) is 19.0 Å². The Morgan fingerprint density at radius 1 is 1.05 bits per heavy atom. The van der Waals surface area contributed by atoms with E-state index in [-0.39, 0.29) is 30.6 Å². The fourth-order valence-electron chi connectivity index (χ4n) is 7.88. The lowest BCUT2D eigenvalue weighted by Gasteiger charge is -2.69. The van der Waals surface area contributed by atoms with Crippen LogP contribution < -0.4 is 0 Å². The first kappa shape index (κ1) is 28.2. The van der Waals surface area contributed by atoms with Gasteiger partial charge in [-0.25, -0.2) is 4.79 Å². The Balaban J connectivity index is 1.80.